The van der Waals surface area contributed by atoms with Gasteiger partial charge in [-0.15, -0.1) is 0 Å². The number of nitrogens with one attached hydrogen (secondary N) is 1. The molecule has 5 rings (SSSR count). The Balaban J connectivity index is 1.09. The van der Waals surface area contributed by atoms with E-state index in [-0.39, 0.29) is 6.03 Å². The van der Waals surface area contributed by atoms with Crippen LogP contribution in [0.5, 0.6) is 0 Å². The van der Waals surface area contributed by atoms with Crippen LogP contribution in [-0.2, 0) is 0 Å². The molecule has 0 aromatic heterocycles. The van der Waals surface area contributed by atoms with Crippen molar-refractivity contribution in [1.82, 2.24) is 20.0 Å². The Hall–Kier alpha value is -0.810. The molecule has 3 saturated heterocycles. The molecule has 3 aliphatic heterocycles. The third kappa shape index (κ3) is 3.18. The molecule has 0 radical (unpaired) electrons. The van der Waals surface area contributed by atoms with Gasteiger partial charge in [-0.05, 0) is 63.3 Å². The predicted octanol–water partition coefficient (Wildman–Crippen LogP) is 2.13. The summed E-state index contributed by atoms with van der Waals surface area (Å²) >= 11 is 0. The number of hydrogen-bond acceptors (Lipinski definition) is 3. The first kappa shape index (κ1) is 16.4. The highest BCUT2D eigenvalue weighted by Crippen LogP contribution is 2.46. The number of nitrogens with zero attached hydrogens (tertiary/aromatic N) is 3. The molecule has 0 aromatic rings. The maximum Gasteiger partial charge on any atom is 0.317 e. The van der Waals surface area contributed by atoms with E-state index in [4.69, 9.17) is 0 Å². The van der Waals surface area contributed by atoms with Crippen LogP contribution in [0.25, 0.3) is 0 Å². The van der Waals surface area contributed by atoms with Crippen molar-refractivity contribution in [2.24, 2.45) is 11.8 Å². The Morgan fingerprint density at radius 2 is 1.68 bits per heavy atom. The highest BCUT2D eigenvalue weighted by molar-refractivity contribution is 5.74. The average molecular weight is 347 g/mol. The molecule has 5 nitrogen and oxygen atoms in total. The molecule has 0 aromatic carbocycles. The van der Waals surface area contributed by atoms with Gasteiger partial charge in [0, 0.05) is 50.8 Å². The van der Waals surface area contributed by atoms with Crippen molar-refractivity contribution in [3.8, 4) is 0 Å². The molecule has 2 saturated carbocycles. The summed E-state index contributed by atoms with van der Waals surface area (Å²) in [5.74, 6) is 1.97. The van der Waals surface area contributed by atoms with Gasteiger partial charge in [-0.2, -0.15) is 0 Å². The summed E-state index contributed by atoms with van der Waals surface area (Å²) in [5.41, 5.74) is 0. The van der Waals surface area contributed by atoms with Gasteiger partial charge in [-0.25, -0.2) is 4.79 Å². The van der Waals surface area contributed by atoms with Crippen LogP contribution in [0.3, 0.4) is 0 Å². The lowest BCUT2D eigenvalue weighted by Crippen LogP contribution is -2.57. The Bertz CT molecular complexity index is 504. The topological polar surface area (TPSA) is 38.8 Å². The molecule has 1 N–H and O–H groups in total. The third-order valence-electron chi connectivity index (χ3n) is 7.92. The van der Waals surface area contributed by atoms with Crippen LogP contribution in [0.4, 0.5) is 4.79 Å². The van der Waals surface area contributed by atoms with Gasteiger partial charge in [0.15, 0.2) is 0 Å². The number of amides is 2. The lowest BCUT2D eigenvalue weighted by Gasteiger charge is -2.42. The molecule has 0 unspecified atom stereocenters. The summed E-state index contributed by atoms with van der Waals surface area (Å²) in [6, 6.07) is 2.16. The molecule has 25 heavy (non-hydrogen) atoms. The summed E-state index contributed by atoms with van der Waals surface area (Å²) < 4.78 is 0. The molecule has 2 aliphatic carbocycles. The van der Waals surface area contributed by atoms with Crippen LogP contribution in [0.1, 0.15) is 51.4 Å². The maximum absolute atomic E-state index is 12.7. The summed E-state index contributed by atoms with van der Waals surface area (Å²) in [4.78, 5) is 20.1. The van der Waals surface area contributed by atoms with Crippen molar-refractivity contribution in [2.75, 3.05) is 39.3 Å². The van der Waals surface area contributed by atoms with E-state index >= 15 is 0 Å². The molecule has 5 aliphatic rings. The van der Waals surface area contributed by atoms with Crippen molar-refractivity contribution in [2.45, 2.75) is 69.5 Å². The van der Waals surface area contributed by atoms with Crippen molar-refractivity contribution >= 4 is 6.03 Å². The summed E-state index contributed by atoms with van der Waals surface area (Å²) in [6.07, 6.45) is 10.8. The molecule has 2 amide bonds. The fraction of sp³-hybridized carbons (Fsp3) is 0.950. The van der Waals surface area contributed by atoms with E-state index in [2.05, 4.69) is 20.0 Å². The number of piperidine rings is 1. The van der Waals surface area contributed by atoms with E-state index in [1.165, 1.54) is 51.6 Å². The number of fused-ring (bicyclic) bond motifs is 3. The molecular weight excluding hydrogens is 312 g/mol. The van der Waals surface area contributed by atoms with E-state index in [1.54, 1.807) is 0 Å². The van der Waals surface area contributed by atoms with Crippen LogP contribution in [0, 0.1) is 11.8 Å². The summed E-state index contributed by atoms with van der Waals surface area (Å²) in [5, 5.41) is 3.35. The minimum atomic E-state index is 0.198. The van der Waals surface area contributed by atoms with E-state index in [0.717, 1.165) is 62.9 Å². The molecule has 140 valence electrons. The first-order valence-electron chi connectivity index (χ1n) is 10.8. The average Bonchev–Trinajstić information content (AvgIpc) is 3.38. The molecule has 5 atom stereocenters. The number of hydrogen-bond donors (Lipinski definition) is 1. The van der Waals surface area contributed by atoms with E-state index < -0.39 is 0 Å². The second-order valence-corrected chi connectivity index (χ2v) is 9.27. The van der Waals surface area contributed by atoms with Crippen molar-refractivity contribution < 1.29 is 4.79 Å². The van der Waals surface area contributed by atoms with Gasteiger partial charge >= 0.3 is 6.03 Å². The number of carbonyl (C=O) groups is 1. The molecular formula is C20H34N4O. The van der Waals surface area contributed by atoms with Crippen LogP contribution >= 0.6 is 0 Å². The van der Waals surface area contributed by atoms with Crippen LogP contribution in [-0.4, -0.2) is 78.1 Å². The summed E-state index contributed by atoms with van der Waals surface area (Å²) in [7, 11) is 0. The lowest BCUT2D eigenvalue weighted by atomic mass is 9.93. The van der Waals surface area contributed by atoms with Gasteiger partial charge in [-0.3, -0.25) is 4.90 Å². The zero-order valence-electron chi connectivity index (χ0n) is 15.5. The first-order chi connectivity index (χ1) is 12.3. The Kier molecular flexibility index (Phi) is 4.41. The normalized spacial score (nSPS) is 41.9. The molecule has 5 heteroatoms. The van der Waals surface area contributed by atoms with Gasteiger partial charge < -0.3 is 15.1 Å². The third-order valence-corrected chi connectivity index (χ3v) is 7.92. The first-order valence-corrected chi connectivity index (χ1v) is 10.8. The molecule has 0 spiro atoms. The monoisotopic (exact) mass is 346 g/mol. The van der Waals surface area contributed by atoms with Crippen LogP contribution < -0.4 is 5.32 Å². The smallest absolute Gasteiger partial charge is 0.317 e. The number of piperazine rings is 1. The Labute approximate surface area is 152 Å². The van der Waals surface area contributed by atoms with Gasteiger partial charge in [0.25, 0.3) is 0 Å². The fourth-order valence-electron chi connectivity index (χ4n) is 6.54. The zero-order valence-corrected chi connectivity index (χ0v) is 15.5. The van der Waals surface area contributed by atoms with Gasteiger partial charge in [0.05, 0.1) is 0 Å². The Morgan fingerprint density at radius 1 is 0.800 bits per heavy atom. The van der Waals surface area contributed by atoms with E-state index in [1.807, 2.05) is 0 Å². The number of urea groups is 1. The lowest BCUT2D eigenvalue weighted by molar-refractivity contribution is 0.0801. The minimum Gasteiger partial charge on any atom is -0.335 e. The van der Waals surface area contributed by atoms with Crippen LogP contribution in [0.2, 0.25) is 0 Å². The van der Waals surface area contributed by atoms with Crippen molar-refractivity contribution in [3.05, 3.63) is 0 Å². The van der Waals surface area contributed by atoms with Crippen LogP contribution in [0.15, 0.2) is 0 Å². The standard InChI is InChI=1S/C20H34N4O/c25-20(21-17-5-7-22-6-1-2-18(22)14-17)24-10-8-23(9-11-24)19-13-15-3-4-16(19)12-15/h15-19H,1-14H2,(H,21,25)/t15-,16-,17+,18-,19-/m0/s1. The highest BCUT2D eigenvalue weighted by atomic mass is 16.2. The maximum atomic E-state index is 12.7. The SMILES string of the molecule is O=C(N[C@@H]1CCN2CCC[C@H]2C1)N1CCN([C@H]2C[C@H]3CC[C@H]2C3)CC1. The molecule has 2 bridgehead atoms. The predicted molar refractivity (Wildman–Crippen MR) is 98.5 cm³/mol. The quantitative estimate of drug-likeness (QED) is 0.832. The van der Waals surface area contributed by atoms with Crippen molar-refractivity contribution in [1.29, 1.82) is 0 Å². The van der Waals surface area contributed by atoms with Gasteiger partial charge in [-0.1, -0.05) is 6.42 Å². The van der Waals surface area contributed by atoms with E-state index in [9.17, 15) is 4.79 Å². The highest BCUT2D eigenvalue weighted by Gasteiger charge is 2.43. The van der Waals surface area contributed by atoms with Gasteiger partial charge in [0.1, 0.15) is 0 Å². The summed E-state index contributed by atoms with van der Waals surface area (Å²) in [6.45, 7) is 6.46. The second kappa shape index (κ2) is 6.73. The van der Waals surface area contributed by atoms with Gasteiger partial charge in [0.2, 0.25) is 0 Å². The second-order valence-electron chi connectivity index (χ2n) is 9.27. The number of carbonyl (C=O) groups excluding carboxylic acids is 1. The van der Waals surface area contributed by atoms with Crippen molar-refractivity contribution in [3.63, 3.8) is 0 Å². The minimum absolute atomic E-state index is 0.198. The molecule has 5 fully saturated rings. The fourth-order valence-corrected chi connectivity index (χ4v) is 6.54. The zero-order chi connectivity index (χ0) is 16.8. The van der Waals surface area contributed by atoms with E-state index in [0.29, 0.717) is 6.04 Å². The Morgan fingerprint density at radius 3 is 2.44 bits per heavy atom. The molecule has 3 heterocycles. The number of rotatable bonds is 2. The largest absolute Gasteiger partial charge is 0.335 e.